The third kappa shape index (κ3) is 4.53. The molecule has 5 aromatic rings. The Hall–Kier alpha value is -3.50. The van der Waals surface area contributed by atoms with E-state index < -0.39 is 0 Å². The van der Waals surface area contributed by atoms with Gasteiger partial charge in [-0.15, -0.1) is 20.4 Å². The summed E-state index contributed by atoms with van der Waals surface area (Å²) in [6.45, 7) is 6.01. The standard InChI is InChI=1S/C23H20N6O2S2/c1-13-8-7-11-17(14(13)2)24-22-27-28-23(33-22)32-12-18-25-26-21(30-18)19-15(3)31-29-20(19)16-9-5-4-6-10-16/h4-11H,12H2,1-3H3,(H,24,27). The van der Waals surface area contributed by atoms with Gasteiger partial charge in [-0.25, -0.2) is 0 Å². The van der Waals surface area contributed by atoms with Crippen LogP contribution in [0, 0.1) is 20.8 Å². The topological polar surface area (TPSA) is 103 Å². The van der Waals surface area contributed by atoms with Crippen molar-refractivity contribution in [2.75, 3.05) is 5.32 Å². The number of rotatable bonds is 7. The fourth-order valence-electron chi connectivity index (χ4n) is 3.27. The Bertz CT molecular complexity index is 1390. The maximum absolute atomic E-state index is 5.92. The van der Waals surface area contributed by atoms with E-state index in [1.165, 1.54) is 34.2 Å². The van der Waals surface area contributed by atoms with Crippen molar-refractivity contribution in [1.29, 1.82) is 0 Å². The van der Waals surface area contributed by atoms with Crippen LogP contribution in [-0.4, -0.2) is 25.6 Å². The van der Waals surface area contributed by atoms with Crippen molar-refractivity contribution in [2.24, 2.45) is 0 Å². The number of thioether (sulfide) groups is 1. The molecular formula is C23H20N6O2S2. The second kappa shape index (κ2) is 9.16. The summed E-state index contributed by atoms with van der Waals surface area (Å²) in [4.78, 5) is 0. The highest BCUT2D eigenvalue weighted by atomic mass is 32.2. The molecule has 0 amide bonds. The average molecular weight is 477 g/mol. The first-order valence-electron chi connectivity index (χ1n) is 10.2. The third-order valence-corrected chi connectivity index (χ3v) is 7.12. The zero-order valence-corrected chi connectivity index (χ0v) is 19.8. The van der Waals surface area contributed by atoms with Crippen molar-refractivity contribution in [1.82, 2.24) is 25.6 Å². The summed E-state index contributed by atoms with van der Waals surface area (Å²) < 4.78 is 12.1. The van der Waals surface area contributed by atoms with Crippen molar-refractivity contribution < 1.29 is 8.94 Å². The van der Waals surface area contributed by atoms with E-state index >= 15 is 0 Å². The Labute approximate surface area is 198 Å². The van der Waals surface area contributed by atoms with E-state index in [2.05, 4.69) is 50.8 Å². The van der Waals surface area contributed by atoms with Gasteiger partial charge in [0.1, 0.15) is 17.0 Å². The fourth-order valence-corrected chi connectivity index (χ4v) is 4.87. The van der Waals surface area contributed by atoms with Gasteiger partial charge in [0.2, 0.25) is 11.0 Å². The molecule has 0 spiro atoms. The molecule has 3 heterocycles. The van der Waals surface area contributed by atoms with Gasteiger partial charge in [0.05, 0.1) is 5.75 Å². The zero-order chi connectivity index (χ0) is 22.8. The number of nitrogens with one attached hydrogen (secondary N) is 1. The number of aryl methyl sites for hydroxylation is 2. The quantitative estimate of drug-likeness (QED) is 0.275. The lowest BCUT2D eigenvalue weighted by atomic mass is 10.1. The summed E-state index contributed by atoms with van der Waals surface area (Å²) in [5, 5.41) is 25.2. The monoisotopic (exact) mass is 476 g/mol. The van der Waals surface area contributed by atoms with Crippen LogP contribution >= 0.6 is 23.1 Å². The van der Waals surface area contributed by atoms with Crippen LogP contribution in [0.2, 0.25) is 0 Å². The lowest BCUT2D eigenvalue weighted by Gasteiger charge is -2.08. The molecule has 0 saturated carbocycles. The molecule has 0 radical (unpaired) electrons. The highest BCUT2D eigenvalue weighted by Gasteiger charge is 2.22. The molecule has 5 rings (SSSR count). The second-order valence-electron chi connectivity index (χ2n) is 7.36. The molecule has 1 N–H and O–H groups in total. The van der Waals surface area contributed by atoms with Crippen LogP contribution in [-0.2, 0) is 5.75 Å². The Balaban J connectivity index is 1.28. The Kier molecular flexibility index (Phi) is 5.93. The highest BCUT2D eigenvalue weighted by molar-refractivity contribution is 8.00. The number of benzene rings is 2. The van der Waals surface area contributed by atoms with Crippen LogP contribution < -0.4 is 5.32 Å². The maximum atomic E-state index is 5.92. The maximum Gasteiger partial charge on any atom is 0.253 e. The smallest absolute Gasteiger partial charge is 0.253 e. The van der Waals surface area contributed by atoms with E-state index in [9.17, 15) is 0 Å². The van der Waals surface area contributed by atoms with Crippen LogP contribution in [0.4, 0.5) is 10.8 Å². The van der Waals surface area contributed by atoms with E-state index in [1.807, 2.05) is 49.4 Å². The van der Waals surface area contributed by atoms with Crippen molar-refractivity contribution in [3.8, 4) is 22.7 Å². The molecule has 0 unspecified atom stereocenters. The van der Waals surface area contributed by atoms with Gasteiger partial charge in [0.15, 0.2) is 4.34 Å². The molecule has 0 atom stereocenters. The number of aromatic nitrogens is 5. The SMILES string of the molecule is Cc1cccc(Nc2nnc(SCc3nnc(-c4c(-c5ccccc5)noc4C)o3)s2)c1C. The minimum Gasteiger partial charge on any atom is -0.420 e. The van der Waals surface area contributed by atoms with Gasteiger partial charge in [-0.1, -0.05) is 70.7 Å². The Morgan fingerprint density at radius 2 is 1.79 bits per heavy atom. The Morgan fingerprint density at radius 1 is 0.939 bits per heavy atom. The van der Waals surface area contributed by atoms with Crippen LogP contribution in [0.15, 0.2) is 61.8 Å². The number of anilines is 2. The van der Waals surface area contributed by atoms with E-state index in [-0.39, 0.29) is 0 Å². The molecule has 0 bridgehead atoms. The van der Waals surface area contributed by atoms with Gasteiger partial charge in [-0.2, -0.15) is 0 Å². The van der Waals surface area contributed by atoms with Gasteiger partial charge in [0.25, 0.3) is 5.89 Å². The molecule has 0 fully saturated rings. The summed E-state index contributed by atoms with van der Waals surface area (Å²) in [5.74, 6) is 1.99. The average Bonchev–Trinajstić information content (AvgIpc) is 3.56. The first-order valence-corrected chi connectivity index (χ1v) is 12.0. The summed E-state index contributed by atoms with van der Waals surface area (Å²) in [6, 6.07) is 15.9. The zero-order valence-electron chi connectivity index (χ0n) is 18.2. The number of nitrogens with zero attached hydrogens (tertiary/aromatic N) is 5. The lowest BCUT2D eigenvalue weighted by Crippen LogP contribution is -1.94. The first kappa shape index (κ1) is 21.4. The summed E-state index contributed by atoms with van der Waals surface area (Å²) in [5.41, 5.74) is 5.77. The van der Waals surface area contributed by atoms with E-state index in [4.69, 9.17) is 8.94 Å². The van der Waals surface area contributed by atoms with Crippen LogP contribution in [0.25, 0.3) is 22.7 Å². The summed E-state index contributed by atoms with van der Waals surface area (Å²) in [7, 11) is 0. The molecule has 2 aromatic carbocycles. The van der Waals surface area contributed by atoms with Crippen molar-refractivity contribution >= 4 is 33.9 Å². The van der Waals surface area contributed by atoms with E-state index in [0.717, 1.165) is 20.7 Å². The normalized spacial score (nSPS) is 11.1. The molecule has 10 heteroatoms. The predicted molar refractivity (Wildman–Crippen MR) is 129 cm³/mol. The molecule has 0 aliphatic rings. The minimum atomic E-state index is 0.387. The predicted octanol–water partition coefficient (Wildman–Crippen LogP) is 6.20. The number of hydrogen-bond donors (Lipinski definition) is 1. The van der Waals surface area contributed by atoms with Crippen molar-refractivity contribution in [2.45, 2.75) is 30.9 Å². The third-order valence-electron chi connectivity index (χ3n) is 5.16. The molecule has 0 aliphatic carbocycles. The highest BCUT2D eigenvalue weighted by Crippen LogP contribution is 2.35. The van der Waals surface area contributed by atoms with Crippen molar-refractivity contribution in [3.63, 3.8) is 0 Å². The largest absolute Gasteiger partial charge is 0.420 e. The van der Waals surface area contributed by atoms with Crippen LogP contribution in [0.5, 0.6) is 0 Å². The molecule has 8 nitrogen and oxygen atoms in total. The summed E-state index contributed by atoms with van der Waals surface area (Å²) >= 11 is 2.98. The Morgan fingerprint density at radius 3 is 2.64 bits per heavy atom. The molecule has 33 heavy (non-hydrogen) atoms. The van der Waals surface area contributed by atoms with Crippen LogP contribution in [0.3, 0.4) is 0 Å². The summed E-state index contributed by atoms with van der Waals surface area (Å²) in [6.07, 6.45) is 0. The molecule has 0 saturated heterocycles. The first-order chi connectivity index (χ1) is 16.1. The van der Waals surface area contributed by atoms with Gasteiger partial charge in [-0.05, 0) is 38.0 Å². The van der Waals surface area contributed by atoms with Crippen molar-refractivity contribution in [3.05, 3.63) is 71.3 Å². The van der Waals surface area contributed by atoms with Gasteiger partial charge in [0, 0.05) is 11.3 Å². The van der Waals surface area contributed by atoms with Crippen LogP contribution in [0.1, 0.15) is 22.8 Å². The molecular weight excluding hydrogens is 456 g/mol. The fraction of sp³-hybridized carbons (Fsp3) is 0.174. The molecule has 0 aliphatic heterocycles. The van der Waals surface area contributed by atoms with Gasteiger partial charge in [-0.3, -0.25) is 0 Å². The number of hydrogen-bond acceptors (Lipinski definition) is 10. The minimum absolute atomic E-state index is 0.387. The lowest BCUT2D eigenvalue weighted by molar-refractivity contribution is 0.399. The second-order valence-corrected chi connectivity index (χ2v) is 9.56. The van der Waals surface area contributed by atoms with Gasteiger partial charge < -0.3 is 14.3 Å². The molecule has 3 aromatic heterocycles. The molecule has 166 valence electrons. The van der Waals surface area contributed by atoms with E-state index in [0.29, 0.717) is 34.6 Å². The van der Waals surface area contributed by atoms with Gasteiger partial charge >= 0.3 is 0 Å². The van der Waals surface area contributed by atoms with E-state index in [1.54, 1.807) is 0 Å².